The number of nitriles is 1. The zero-order valence-corrected chi connectivity index (χ0v) is 17.4. The van der Waals surface area contributed by atoms with Crippen LogP contribution in [0.4, 0.5) is 0 Å². The molecule has 0 aromatic heterocycles. The lowest BCUT2D eigenvalue weighted by Gasteiger charge is -2.36. The molecule has 0 unspecified atom stereocenters. The molecule has 8 nitrogen and oxygen atoms in total. The molecule has 2 N–H and O–H groups in total. The van der Waals surface area contributed by atoms with E-state index in [0.717, 1.165) is 32.4 Å². The molecule has 3 rings (SSSR count). The van der Waals surface area contributed by atoms with Gasteiger partial charge in [-0.15, -0.1) is 0 Å². The van der Waals surface area contributed by atoms with Crippen LogP contribution in [0.15, 0.2) is 24.3 Å². The van der Waals surface area contributed by atoms with Crippen molar-refractivity contribution < 1.29 is 14.4 Å². The van der Waals surface area contributed by atoms with Gasteiger partial charge in [-0.25, -0.2) is 0 Å². The minimum absolute atomic E-state index is 0.0327. The molecule has 0 radical (unpaired) electrons. The highest BCUT2D eigenvalue weighted by Crippen LogP contribution is 2.29. The Bertz CT molecular complexity index is 816. The molecule has 1 aliphatic carbocycles. The Labute approximate surface area is 177 Å². The van der Waals surface area contributed by atoms with Crippen LogP contribution in [-0.2, 0) is 4.79 Å². The van der Waals surface area contributed by atoms with E-state index in [9.17, 15) is 14.4 Å². The fourth-order valence-corrected chi connectivity index (χ4v) is 4.10. The predicted molar refractivity (Wildman–Crippen MR) is 112 cm³/mol. The lowest BCUT2D eigenvalue weighted by atomic mass is 9.80. The Hall–Kier alpha value is -2.92. The molecule has 0 bridgehead atoms. The van der Waals surface area contributed by atoms with Crippen LogP contribution in [0.5, 0.6) is 0 Å². The first kappa shape index (κ1) is 21.8. The summed E-state index contributed by atoms with van der Waals surface area (Å²) in [6, 6.07) is 8.49. The number of likely N-dealkylation sites (N-methyl/N-ethyl adjacent to an activating group) is 1. The van der Waals surface area contributed by atoms with E-state index in [0.29, 0.717) is 37.1 Å². The summed E-state index contributed by atoms with van der Waals surface area (Å²) in [5.41, 5.74) is -0.0289. The van der Waals surface area contributed by atoms with Crippen LogP contribution in [0.3, 0.4) is 0 Å². The molecule has 160 valence electrons. The van der Waals surface area contributed by atoms with Crippen LogP contribution < -0.4 is 10.6 Å². The summed E-state index contributed by atoms with van der Waals surface area (Å²) in [7, 11) is 2.04. The molecule has 2 aliphatic rings. The van der Waals surface area contributed by atoms with E-state index >= 15 is 0 Å². The van der Waals surface area contributed by atoms with Gasteiger partial charge in [0.1, 0.15) is 12.1 Å². The molecule has 1 aromatic carbocycles. The second kappa shape index (κ2) is 9.72. The van der Waals surface area contributed by atoms with Gasteiger partial charge in [0.15, 0.2) is 0 Å². The first-order valence-electron chi connectivity index (χ1n) is 10.5. The molecule has 0 spiro atoms. The summed E-state index contributed by atoms with van der Waals surface area (Å²) in [4.78, 5) is 42.2. The van der Waals surface area contributed by atoms with Crippen molar-refractivity contribution in [3.63, 3.8) is 0 Å². The van der Waals surface area contributed by atoms with Crippen LogP contribution >= 0.6 is 0 Å². The Kier molecular flexibility index (Phi) is 7.06. The standard InChI is InChI=1S/C22H29N5O3/c1-26-13-15-27(16-14-26)20(29)18-7-5-17(6-8-18)19(28)25-22(9-3-2-4-10-22)21(30)24-12-11-23/h5-8H,2-4,9-10,12-16H2,1H3,(H,24,30)(H,25,28). The van der Waals surface area contributed by atoms with Gasteiger partial charge in [-0.1, -0.05) is 19.3 Å². The number of nitrogens with zero attached hydrogens (tertiary/aromatic N) is 3. The number of nitrogens with one attached hydrogen (secondary N) is 2. The Morgan fingerprint density at radius 3 is 2.20 bits per heavy atom. The van der Waals surface area contributed by atoms with E-state index in [4.69, 9.17) is 5.26 Å². The fraction of sp³-hybridized carbons (Fsp3) is 0.545. The van der Waals surface area contributed by atoms with Gasteiger partial charge in [-0.05, 0) is 44.2 Å². The molecule has 1 aromatic rings. The topological polar surface area (TPSA) is 106 Å². The maximum Gasteiger partial charge on any atom is 0.253 e. The van der Waals surface area contributed by atoms with Crippen LogP contribution in [0.2, 0.25) is 0 Å². The summed E-state index contributed by atoms with van der Waals surface area (Å²) < 4.78 is 0. The van der Waals surface area contributed by atoms with E-state index in [1.54, 1.807) is 24.3 Å². The minimum atomic E-state index is -0.986. The second-order valence-electron chi connectivity index (χ2n) is 8.11. The Balaban J connectivity index is 1.67. The summed E-state index contributed by atoms with van der Waals surface area (Å²) in [6.45, 7) is 3.00. The van der Waals surface area contributed by atoms with Gasteiger partial charge >= 0.3 is 0 Å². The van der Waals surface area contributed by atoms with Crippen molar-refractivity contribution in [1.29, 1.82) is 5.26 Å². The lowest BCUT2D eigenvalue weighted by molar-refractivity contribution is -0.128. The van der Waals surface area contributed by atoms with Crippen LogP contribution in [0, 0.1) is 11.3 Å². The molecule has 8 heteroatoms. The van der Waals surface area contributed by atoms with Gasteiger partial charge in [0.25, 0.3) is 11.8 Å². The van der Waals surface area contributed by atoms with Gasteiger partial charge in [-0.2, -0.15) is 5.26 Å². The number of rotatable bonds is 5. The van der Waals surface area contributed by atoms with Crippen molar-refractivity contribution in [2.45, 2.75) is 37.6 Å². The number of benzene rings is 1. The molecular weight excluding hydrogens is 382 g/mol. The molecule has 3 amide bonds. The number of hydrogen-bond donors (Lipinski definition) is 2. The molecular formula is C22H29N5O3. The summed E-state index contributed by atoms with van der Waals surface area (Å²) in [6.07, 6.45) is 3.82. The van der Waals surface area contributed by atoms with Crippen molar-refractivity contribution in [3.05, 3.63) is 35.4 Å². The van der Waals surface area contributed by atoms with Gasteiger partial charge in [0, 0.05) is 37.3 Å². The third kappa shape index (κ3) is 4.97. The van der Waals surface area contributed by atoms with E-state index < -0.39 is 5.54 Å². The summed E-state index contributed by atoms with van der Waals surface area (Å²) in [5, 5.41) is 14.3. The number of carbonyl (C=O) groups is 3. The number of hydrogen-bond acceptors (Lipinski definition) is 5. The molecule has 1 aliphatic heterocycles. The number of amides is 3. The molecule has 2 fully saturated rings. The molecule has 30 heavy (non-hydrogen) atoms. The molecule has 1 heterocycles. The van der Waals surface area contributed by atoms with E-state index in [-0.39, 0.29) is 24.3 Å². The van der Waals surface area contributed by atoms with Crippen LogP contribution in [0.1, 0.15) is 52.8 Å². The first-order chi connectivity index (χ1) is 14.4. The minimum Gasteiger partial charge on any atom is -0.341 e. The molecule has 1 saturated heterocycles. The van der Waals surface area contributed by atoms with Crippen LogP contribution in [-0.4, -0.2) is 72.8 Å². The number of carbonyl (C=O) groups excluding carboxylic acids is 3. The van der Waals surface area contributed by atoms with Crippen molar-refractivity contribution in [2.24, 2.45) is 0 Å². The normalized spacial score (nSPS) is 18.9. The third-order valence-electron chi connectivity index (χ3n) is 6.01. The first-order valence-corrected chi connectivity index (χ1v) is 10.5. The van der Waals surface area contributed by atoms with E-state index in [1.165, 1.54) is 0 Å². The lowest BCUT2D eigenvalue weighted by Crippen LogP contribution is -2.59. The molecule has 0 atom stereocenters. The average Bonchev–Trinajstić information content (AvgIpc) is 2.78. The summed E-state index contributed by atoms with van der Waals surface area (Å²) in [5.74, 6) is -0.684. The van der Waals surface area contributed by atoms with Crippen LogP contribution in [0.25, 0.3) is 0 Å². The number of piperazine rings is 1. The summed E-state index contributed by atoms with van der Waals surface area (Å²) >= 11 is 0. The van der Waals surface area contributed by atoms with E-state index in [1.807, 2.05) is 18.0 Å². The SMILES string of the molecule is CN1CCN(C(=O)c2ccc(C(=O)NC3(C(=O)NCC#N)CCCCC3)cc2)CC1. The van der Waals surface area contributed by atoms with Gasteiger partial charge in [0.05, 0.1) is 6.07 Å². The highest BCUT2D eigenvalue weighted by Gasteiger charge is 2.40. The smallest absolute Gasteiger partial charge is 0.253 e. The zero-order valence-electron chi connectivity index (χ0n) is 17.4. The van der Waals surface area contributed by atoms with Crippen molar-refractivity contribution in [1.82, 2.24) is 20.4 Å². The van der Waals surface area contributed by atoms with Gasteiger partial charge in [-0.3, -0.25) is 14.4 Å². The van der Waals surface area contributed by atoms with Crippen molar-refractivity contribution >= 4 is 17.7 Å². The quantitative estimate of drug-likeness (QED) is 0.707. The Morgan fingerprint density at radius 1 is 1.00 bits per heavy atom. The highest BCUT2D eigenvalue weighted by molar-refractivity contribution is 6.00. The van der Waals surface area contributed by atoms with Gasteiger partial charge < -0.3 is 20.4 Å². The average molecular weight is 412 g/mol. The van der Waals surface area contributed by atoms with Crippen molar-refractivity contribution in [3.8, 4) is 6.07 Å². The second-order valence-corrected chi connectivity index (χ2v) is 8.11. The maximum atomic E-state index is 12.9. The van der Waals surface area contributed by atoms with E-state index in [2.05, 4.69) is 15.5 Å². The largest absolute Gasteiger partial charge is 0.341 e. The maximum absolute atomic E-state index is 12.9. The van der Waals surface area contributed by atoms with Crippen molar-refractivity contribution in [2.75, 3.05) is 39.8 Å². The predicted octanol–water partition coefficient (Wildman–Crippen LogP) is 1.15. The third-order valence-corrected chi connectivity index (χ3v) is 6.01. The van der Waals surface area contributed by atoms with Gasteiger partial charge in [0.2, 0.25) is 5.91 Å². The zero-order chi connectivity index (χ0) is 21.6. The Morgan fingerprint density at radius 2 is 1.60 bits per heavy atom. The monoisotopic (exact) mass is 411 g/mol. The fourth-order valence-electron chi connectivity index (χ4n) is 4.10. The molecule has 1 saturated carbocycles. The highest BCUT2D eigenvalue weighted by atomic mass is 16.2.